The molecule has 0 aliphatic heterocycles. The Morgan fingerprint density at radius 1 is 1.52 bits per heavy atom. The van der Waals surface area contributed by atoms with Crippen molar-refractivity contribution in [3.05, 3.63) is 38.6 Å². The van der Waals surface area contributed by atoms with Crippen LogP contribution in [0, 0.1) is 0 Å². The average molecular weight is 308 g/mol. The van der Waals surface area contributed by atoms with E-state index in [4.69, 9.17) is 6.15 Å². The minimum absolute atomic E-state index is 0.252. The second-order valence-corrected chi connectivity index (χ2v) is 5.30. The van der Waals surface area contributed by atoms with E-state index in [0.717, 1.165) is 22.0 Å². The monoisotopic (exact) mass is 308 g/mol. The quantitative estimate of drug-likeness (QED) is 0.756. The van der Waals surface area contributed by atoms with E-state index in [1.54, 1.807) is 24.5 Å². The van der Waals surface area contributed by atoms with Gasteiger partial charge in [0.05, 0.1) is 5.69 Å². The van der Waals surface area contributed by atoms with Crippen molar-refractivity contribution in [2.24, 2.45) is 7.05 Å². The van der Waals surface area contributed by atoms with Crippen LogP contribution in [0.1, 0.15) is 17.4 Å². The molecule has 1 N–H and O–H groups in total. The molecule has 8 nitrogen and oxygen atoms in total. The predicted molar refractivity (Wildman–Crippen MR) is 76.8 cm³/mol. The molecule has 110 valence electrons. The molecule has 3 heterocycles. The summed E-state index contributed by atoms with van der Waals surface area (Å²) in [5.74, 6) is 0.362. The van der Waals surface area contributed by atoms with Crippen LogP contribution in [0.2, 0.25) is 1.41 Å². The van der Waals surface area contributed by atoms with E-state index in [-0.39, 0.29) is 12.3 Å². The summed E-state index contributed by atoms with van der Waals surface area (Å²) >= 11 is 1.55. The first-order valence-electron chi connectivity index (χ1n) is 6.81. The van der Waals surface area contributed by atoms with Crippen molar-refractivity contribution in [2.75, 3.05) is 0 Å². The Balaban J connectivity index is 1.93. The Morgan fingerprint density at radius 2 is 2.38 bits per heavy atom. The molecule has 0 saturated carbocycles. The van der Waals surface area contributed by atoms with Gasteiger partial charge in [0, 0.05) is 35.1 Å². The number of aromatic amines is 1. The Hall–Kier alpha value is -2.42. The van der Waals surface area contributed by atoms with Crippen molar-refractivity contribution in [2.45, 2.75) is 20.0 Å². The summed E-state index contributed by atoms with van der Waals surface area (Å²) in [5.41, 5.74) is 1.25. The van der Waals surface area contributed by atoms with Crippen LogP contribution in [0.25, 0.3) is 5.69 Å². The maximum atomic E-state index is 12.0. The minimum atomic E-state index is -0.308. The van der Waals surface area contributed by atoms with E-state index in [2.05, 4.69) is 15.5 Å². The van der Waals surface area contributed by atoms with Crippen LogP contribution in [0.4, 0.5) is 0 Å². The van der Waals surface area contributed by atoms with Gasteiger partial charge in [0.1, 0.15) is 6.61 Å². The van der Waals surface area contributed by atoms with Crippen LogP contribution in [0.15, 0.2) is 22.4 Å². The van der Waals surface area contributed by atoms with Gasteiger partial charge in [0.25, 0.3) is 0 Å². The van der Waals surface area contributed by atoms with E-state index in [1.165, 1.54) is 15.6 Å². The molecule has 0 spiro atoms. The zero-order valence-electron chi connectivity index (χ0n) is 12.6. The van der Waals surface area contributed by atoms with Gasteiger partial charge < -0.3 is 4.74 Å². The lowest BCUT2D eigenvalue weighted by Crippen LogP contribution is -2.22. The van der Waals surface area contributed by atoms with Gasteiger partial charge in [-0.15, -0.1) is 16.4 Å². The number of hydrogen-bond acceptors (Lipinski definition) is 6. The summed E-state index contributed by atoms with van der Waals surface area (Å²) in [4.78, 5) is 13.1. The number of H-pyrrole nitrogens is 1. The van der Waals surface area contributed by atoms with Crippen LogP contribution >= 0.6 is 11.3 Å². The number of rotatable bonds is 5. The molecular weight excluding hydrogens is 292 g/mol. The molecule has 0 aliphatic carbocycles. The maximum Gasteiger partial charge on any atom is 0.368 e. The van der Waals surface area contributed by atoms with Crippen molar-refractivity contribution in [1.29, 1.82) is 0 Å². The smallest absolute Gasteiger partial charge is 0.368 e. The van der Waals surface area contributed by atoms with Crippen molar-refractivity contribution >= 4 is 11.3 Å². The van der Waals surface area contributed by atoms with Gasteiger partial charge in [0.2, 0.25) is 5.88 Å². The molecule has 0 bridgehead atoms. The first kappa shape index (κ1) is 12.3. The summed E-state index contributed by atoms with van der Waals surface area (Å²) in [6.45, 7) is 2.29. The van der Waals surface area contributed by atoms with Gasteiger partial charge in [-0.3, -0.25) is 5.09 Å². The standard InChI is InChI=1S/C12H14N6O2S/c1-3-10-8(6-20-11-4-5-13-14-11)9(7-21-10)18-12(19)17(2)15-16-18/h4-5,7H,3,6H2,1-2H3,(H,13,14)/i/hT. The lowest BCUT2D eigenvalue weighted by Gasteiger charge is -2.06. The van der Waals surface area contributed by atoms with Crippen LogP contribution in [0.3, 0.4) is 0 Å². The zero-order valence-corrected chi connectivity index (χ0v) is 12.4. The molecule has 0 amide bonds. The summed E-state index contributed by atoms with van der Waals surface area (Å²) in [7, 11) is 1.55. The number of thiophene rings is 1. The SMILES string of the molecule is [3H]n1ccc(OCc2c(-n3nnn(C)c3=O)csc2CC)n1. The highest BCUT2D eigenvalue weighted by Gasteiger charge is 2.17. The fourth-order valence-electron chi connectivity index (χ4n) is 1.95. The summed E-state index contributed by atoms with van der Waals surface area (Å²) in [6.07, 6.45) is 2.31. The van der Waals surface area contributed by atoms with Crippen molar-refractivity contribution in [1.82, 2.24) is 30.0 Å². The van der Waals surface area contributed by atoms with Gasteiger partial charge in [0.15, 0.2) is 1.41 Å². The topological polar surface area (TPSA) is 90.6 Å². The van der Waals surface area contributed by atoms with E-state index in [1.807, 2.05) is 12.3 Å². The Kier molecular flexibility index (Phi) is 3.24. The lowest BCUT2D eigenvalue weighted by molar-refractivity contribution is 0.292. The van der Waals surface area contributed by atoms with Crippen LogP contribution in [0.5, 0.6) is 5.88 Å². The number of aromatic nitrogens is 6. The van der Waals surface area contributed by atoms with E-state index >= 15 is 0 Å². The molecule has 0 unspecified atom stereocenters. The Morgan fingerprint density at radius 3 is 3.00 bits per heavy atom. The fourth-order valence-corrected chi connectivity index (χ4v) is 2.92. The Bertz CT molecular complexity index is 848. The van der Waals surface area contributed by atoms with E-state index in [9.17, 15) is 4.79 Å². The van der Waals surface area contributed by atoms with E-state index in [0.29, 0.717) is 11.6 Å². The summed E-state index contributed by atoms with van der Waals surface area (Å²) in [5, 5.41) is 14.3. The number of nitrogens with one attached hydrogen (secondary N) is 1. The Labute approximate surface area is 125 Å². The van der Waals surface area contributed by atoms with Gasteiger partial charge >= 0.3 is 5.69 Å². The molecule has 3 aromatic rings. The van der Waals surface area contributed by atoms with Gasteiger partial charge in [-0.05, 0) is 16.8 Å². The van der Waals surface area contributed by atoms with Crippen molar-refractivity contribution < 1.29 is 6.15 Å². The molecule has 0 atom stereocenters. The second kappa shape index (κ2) is 5.52. The number of hydrogen-bond donors (Lipinski definition) is 1. The number of nitrogens with zero attached hydrogens (tertiary/aromatic N) is 5. The van der Waals surface area contributed by atoms with Crippen LogP contribution < -0.4 is 10.4 Å². The highest BCUT2D eigenvalue weighted by Crippen LogP contribution is 2.26. The molecule has 3 aromatic heterocycles. The third kappa shape index (κ3) is 2.47. The van der Waals surface area contributed by atoms with Crippen molar-refractivity contribution in [3.63, 3.8) is 0 Å². The number of tetrazole rings is 1. The normalized spacial score (nSPS) is 11.6. The highest BCUT2D eigenvalue weighted by molar-refractivity contribution is 7.10. The third-order valence-electron chi connectivity index (χ3n) is 3.03. The average Bonchev–Trinajstić information content (AvgIpc) is 3.18. The minimum Gasteiger partial charge on any atom is -0.472 e. The van der Waals surface area contributed by atoms with Crippen LogP contribution in [-0.2, 0) is 20.1 Å². The third-order valence-corrected chi connectivity index (χ3v) is 4.19. The largest absolute Gasteiger partial charge is 0.472 e. The molecule has 0 saturated heterocycles. The fraction of sp³-hybridized carbons (Fsp3) is 0.333. The zero-order chi connectivity index (χ0) is 15.7. The second-order valence-electron chi connectivity index (χ2n) is 4.33. The summed E-state index contributed by atoms with van der Waals surface area (Å²) < 4.78 is 15.4. The number of aryl methyl sites for hydroxylation is 2. The van der Waals surface area contributed by atoms with E-state index < -0.39 is 0 Å². The molecule has 3 rings (SSSR count). The lowest BCUT2D eigenvalue weighted by atomic mass is 10.2. The molecule has 21 heavy (non-hydrogen) atoms. The molecule has 0 radical (unpaired) electrons. The molecule has 0 aromatic carbocycles. The molecular formula is C12H14N6O2S. The van der Waals surface area contributed by atoms with Gasteiger partial charge in [-0.25, -0.2) is 4.79 Å². The summed E-state index contributed by atoms with van der Waals surface area (Å²) in [6, 6.07) is 1.61. The van der Waals surface area contributed by atoms with Gasteiger partial charge in [-0.2, -0.15) is 9.36 Å². The number of ether oxygens (including phenoxy) is 1. The first-order valence-corrected chi connectivity index (χ1v) is 7.24. The van der Waals surface area contributed by atoms with Crippen molar-refractivity contribution in [3.8, 4) is 11.6 Å². The molecule has 9 heteroatoms. The van der Waals surface area contributed by atoms with Crippen LogP contribution in [-0.4, -0.2) is 30.0 Å². The molecule has 0 aliphatic rings. The maximum absolute atomic E-state index is 12.0. The van der Waals surface area contributed by atoms with Gasteiger partial charge in [-0.1, -0.05) is 6.92 Å². The predicted octanol–water partition coefficient (Wildman–Crippen LogP) is 0.892. The highest BCUT2D eigenvalue weighted by atomic mass is 32.1. The molecule has 0 fully saturated rings. The first-order chi connectivity index (χ1) is 10.6.